The van der Waals surface area contributed by atoms with Gasteiger partial charge >= 0.3 is 0 Å². The molecule has 0 saturated heterocycles. The van der Waals surface area contributed by atoms with E-state index in [9.17, 15) is 9.18 Å². The fourth-order valence-corrected chi connectivity index (χ4v) is 5.29. The van der Waals surface area contributed by atoms with Crippen LogP contribution in [0.5, 0.6) is 0 Å². The highest BCUT2D eigenvalue weighted by Crippen LogP contribution is 2.35. The Balaban J connectivity index is 1.50. The molecule has 4 aromatic rings. The Morgan fingerprint density at radius 2 is 1.62 bits per heavy atom. The van der Waals surface area contributed by atoms with E-state index >= 15 is 0 Å². The van der Waals surface area contributed by atoms with Crippen molar-refractivity contribution >= 4 is 16.8 Å². The van der Waals surface area contributed by atoms with E-state index in [1.165, 1.54) is 37.0 Å². The normalized spacial score (nSPS) is 15.3. The van der Waals surface area contributed by atoms with Gasteiger partial charge in [-0.05, 0) is 47.7 Å². The van der Waals surface area contributed by atoms with E-state index in [1.54, 1.807) is 0 Å². The van der Waals surface area contributed by atoms with Gasteiger partial charge < -0.3 is 9.88 Å². The molecule has 0 spiro atoms. The number of carbonyl (C=O) groups excluding carboxylic acids is 1. The highest BCUT2D eigenvalue weighted by molar-refractivity contribution is 5.87. The minimum Gasteiger partial charge on any atom is -0.353 e. The lowest BCUT2D eigenvalue weighted by Crippen LogP contribution is -2.36. The molecule has 0 aliphatic heterocycles. The lowest BCUT2D eigenvalue weighted by molar-refractivity contribution is -0.122. The Morgan fingerprint density at radius 3 is 2.38 bits per heavy atom. The van der Waals surface area contributed by atoms with Crippen molar-refractivity contribution in [3.63, 3.8) is 0 Å². The predicted octanol–water partition coefficient (Wildman–Crippen LogP) is 6.80. The maximum Gasteiger partial charge on any atom is 0.221 e. The second-order valence-electron chi connectivity index (χ2n) is 9.43. The molecular weight excluding hydrogens is 423 g/mol. The Kier molecular flexibility index (Phi) is 6.75. The lowest BCUT2D eigenvalue weighted by Gasteiger charge is -2.24. The Hall–Kier alpha value is -3.40. The van der Waals surface area contributed by atoms with Gasteiger partial charge in [-0.25, -0.2) is 4.39 Å². The van der Waals surface area contributed by atoms with E-state index in [-0.39, 0.29) is 23.7 Å². The number of amides is 1. The van der Waals surface area contributed by atoms with Crippen LogP contribution in [0.2, 0.25) is 0 Å². The summed E-state index contributed by atoms with van der Waals surface area (Å²) >= 11 is 0. The van der Waals surface area contributed by atoms with Gasteiger partial charge in [-0.3, -0.25) is 4.79 Å². The van der Waals surface area contributed by atoms with Crippen LogP contribution < -0.4 is 5.32 Å². The van der Waals surface area contributed by atoms with Crippen molar-refractivity contribution in [2.75, 3.05) is 0 Å². The zero-order chi connectivity index (χ0) is 23.3. The van der Waals surface area contributed by atoms with E-state index in [0.29, 0.717) is 6.42 Å². The van der Waals surface area contributed by atoms with E-state index in [1.807, 2.05) is 24.3 Å². The summed E-state index contributed by atoms with van der Waals surface area (Å²) < 4.78 is 16.0. The van der Waals surface area contributed by atoms with Gasteiger partial charge in [0.05, 0.1) is 0 Å². The van der Waals surface area contributed by atoms with Crippen LogP contribution in [0.4, 0.5) is 4.39 Å². The second kappa shape index (κ2) is 10.3. The summed E-state index contributed by atoms with van der Waals surface area (Å²) in [6.45, 7) is 0.756. The van der Waals surface area contributed by atoms with Crippen molar-refractivity contribution in [2.45, 2.75) is 57.0 Å². The number of nitrogens with zero attached hydrogens (tertiary/aromatic N) is 1. The number of nitrogens with one attached hydrogen (secondary N) is 1. The molecule has 4 heteroatoms. The number of hydrogen-bond donors (Lipinski definition) is 1. The number of halogens is 1. The Labute approximate surface area is 200 Å². The van der Waals surface area contributed by atoms with Gasteiger partial charge in [0.1, 0.15) is 5.82 Å². The molecule has 1 saturated carbocycles. The zero-order valence-electron chi connectivity index (χ0n) is 19.4. The molecule has 174 valence electrons. The number of aromatic nitrogens is 1. The van der Waals surface area contributed by atoms with Crippen molar-refractivity contribution in [3.8, 4) is 0 Å². The average molecular weight is 455 g/mol. The molecular formula is C30H31FN2O. The standard InChI is InChI=1S/C30H31FN2O/c31-24-17-15-23(16-18-24)27(19-30(34)32-25-11-5-2-6-12-25)28-21-33(20-22-9-3-1-4-10-22)29-14-8-7-13-26(28)29/h1,3-4,7-10,13-18,21,25,27H,2,5-6,11-12,19-20H2,(H,32,34). The number of hydrogen-bond acceptors (Lipinski definition) is 1. The minimum atomic E-state index is -0.263. The van der Waals surface area contributed by atoms with E-state index in [2.05, 4.69) is 58.5 Å². The van der Waals surface area contributed by atoms with Gasteiger partial charge in [0.2, 0.25) is 5.91 Å². The molecule has 1 aliphatic carbocycles. The third-order valence-electron chi connectivity index (χ3n) is 7.02. The van der Waals surface area contributed by atoms with Crippen molar-refractivity contribution in [2.24, 2.45) is 0 Å². The van der Waals surface area contributed by atoms with Crippen LogP contribution in [0.15, 0.2) is 85.1 Å². The highest BCUT2D eigenvalue weighted by Gasteiger charge is 2.24. The first kappa shape index (κ1) is 22.4. The Morgan fingerprint density at radius 1 is 0.912 bits per heavy atom. The summed E-state index contributed by atoms with van der Waals surface area (Å²) in [5.74, 6) is -0.340. The molecule has 0 radical (unpaired) electrons. The number of benzene rings is 3. The first-order valence-electron chi connectivity index (χ1n) is 12.3. The quantitative estimate of drug-likeness (QED) is 0.327. The van der Waals surface area contributed by atoms with Crippen LogP contribution in [-0.4, -0.2) is 16.5 Å². The summed E-state index contributed by atoms with van der Waals surface area (Å²) in [7, 11) is 0. The van der Waals surface area contributed by atoms with Crippen molar-refractivity contribution in [1.82, 2.24) is 9.88 Å². The monoisotopic (exact) mass is 454 g/mol. The topological polar surface area (TPSA) is 34.0 Å². The summed E-state index contributed by atoms with van der Waals surface area (Å²) in [5, 5.41) is 4.41. The first-order valence-corrected chi connectivity index (χ1v) is 12.3. The molecule has 1 N–H and O–H groups in total. The largest absolute Gasteiger partial charge is 0.353 e. The SMILES string of the molecule is O=C(CC(c1ccc(F)cc1)c1cn(Cc2ccccc2)c2ccccc12)NC1CCCCC1. The Bertz CT molecular complexity index is 1240. The predicted molar refractivity (Wildman–Crippen MR) is 135 cm³/mol. The van der Waals surface area contributed by atoms with Gasteiger partial charge in [0.25, 0.3) is 0 Å². The van der Waals surface area contributed by atoms with Gasteiger partial charge in [-0.2, -0.15) is 0 Å². The number of carbonyl (C=O) groups is 1. The highest BCUT2D eigenvalue weighted by atomic mass is 19.1. The zero-order valence-corrected chi connectivity index (χ0v) is 19.4. The average Bonchev–Trinajstić information content (AvgIpc) is 3.22. The molecule has 1 aliphatic rings. The molecule has 1 heterocycles. The van der Waals surface area contributed by atoms with E-state index < -0.39 is 0 Å². The molecule has 3 aromatic carbocycles. The molecule has 1 aromatic heterocycles. The first-order chi connectivity index (χ1) is 16.7. The third-order valence-corrected chi connectivity index (χ3v) is 7.02. The van der Waals surface area contributed by atoms with Crippen LogP contribution in [0.25, 0.3) is 10.9 Å². The molecule has 0 bridgehead atoms. The molecule has 3 nitrogen and oxygen atoms in total. The molecule has 1 atom stereocenters. The molecule has 5 rings (SSSR count). The van der Waals surface area contributed by atoms with Crippen LogP contribution in [0, 0.1) is 5.82 Å². The number of para-hydroxylation sites is 1. The van der Waals surface area contributed by atoms with Crippen molar-refractivity contribution in [1.29, 1.82) is 0 Å². The summed E-state index contributed by atoms with van der Waals surface area (Å²) in [6.07, 6.45) is 8.26. The van der Waals surface area contributed by atoms with E-state index in [0.717, 1.165) is 41.4 Å². The number of fused-ring (bicyclic) bond motifs is 1. The fourth-order valence-electron chi connectivity index (χ4n) is 5.29. The van der Waals surface area contributed by atoms with E-state index in [4.69, 9.17) is 0 Å². The molecule has 1 amide bonds. The van der Waals surface area contributed by atoms with Crippen LogP contribution in [0.1, 0.15) is 61.1 Å². The van der Waals surface area contributed by atoms with Crippen LogP contribution in [-0.2, 0) is 11.3 Å². The maximum absolute atomic E-state index is 13.7. The van der Waals surface area contributed by atoms with Gasteiger partial charge in [-0.1, -0.05) is 79.9 Å². The summed E-state index contributed by atoms with van der Waals surface area (Å²) in [4.78, 5) is 13.2. The fraction of sp³-hybridized carbons (Fsp3) is 0.300. The van der Waals surface area contributed by atoms with Gasteiger partial charge in [0.15, 0.2) is 0 Å². The molecule has 34 heavy (non-hydrogen) atoms. The van der Waals surface area contributed by atoms with Crippen molar-refractivity contribution in [3.05, 3.63) is 108 Å². The molecule has 1 unspecified atom stereocenters. The van der Waals surface area contributed by atoms with Crippen LogP contribution in [0.3, 0.4) is 0 Å². The summed E-state index contributed by atoms with van der Waals surface area (Å²) in [6, 6.07) is 25.6. The number of rotatable bonds is 7. The smallest absolute Gasteiger partial charge is 0.221 e. The van der Waals surface area contributed by atoms with Crippen molar-refractivity contribution < 1.29 is 9.18 Å². The van der Waals surface area contributed by atoms with Gasteiger partial charge in [0, 0.05) is 42.0 Å². The van der Waals surface area contributed by atoms with Crippen LogP contribution >= 0.6 is 0 Å². The maximum atomic E-state index is 13.7. The lowest BCUT2D eigenvalue weighted by atomic mass is 9.87. The second-order valence-corrected chi connectivity index (χ2v) is 9.43. The minimum absolute atomic E-state index is 0.0705. The molecule has 1 fully saturated rings. The third kappa shape index (κ3) is 5.06. The van der Waals surface area contributed by atoms with Gasteiger partial charge in [-0.15, -0.1) is 0 Å². The summed E-state index contributed by atoms with van der Waals surface area (Å²) in [5.41, 5.74) is 4.43.